The van der Waals surface area contributed by atoms with Crippen molar-refractivity contribution in [3.05, 3.63) is 94.6 Å². The van der Waals surface area contributed by atoms with Gasteiger partial charge in [0.1, 0.15) is 18.1 Å². The van der Waals surface area contributed by atoms with Crippen molar-refractivity contribution >= 4 is 17.4 Å². The molecule has 8 heteroatoms. The minimum absolute atomic E-state index is 0.0135. The summed E-state index contributed by atoms with van der Waals surface area (Å²) < 4.78 is 11.5. The molecule has 0 bridgehead atoms. The number of aromatic hydroxyl groups is 1. The molecule has 1 unspecified atom stereocenters. The van der Waals surface area contributed by atoms with Crippen LogP contribution in [0.2, 0.25) is 0 Å². The van der Waals surface area contributed by atoms with E-state index < -0.39 is 17.7 Å². The molecule has 3 aromatic rings. The van der Waals surface area contributed by atoms with E-state index in [0.717, 1.165) is 11.1 Å². The predicted octanol–water partition coefficient (Wildman–Crippen LogP) is 4.66. The van der Waals surface area contributed by atoms with Crippen LogP contribution in [0, 0.1) is 6.92 Å². The molecule has 8 nitrogen and oxygen atoms in total. The minimum Gasteiger partial charge on any atom is -0.507 e. The lowest BCUT2D eigenvalue weighted by Gasteiger charge is -2.27. The largest absolute Gasteiger partial charge is 0.507 e. The van der Waals surface area contributed by atoms with Crippen LogP contribution in [0.15, 0.2) is 72.3 Å². The second kappa shape index (κ2) is 12.0. The fourth-order valence-corrected chi connectivity index (χ4v) is 4.53. The van der Waals surface area contributed by atoms with Crippen LogP contribution >= 0.6 is 0 Å². The van der Waals surface area contributed by atoms with Gasteiger partial charge in [-0.3, -0.25) is 9.59 Å². The van der Waals surface area contributed by atoms with E-state index in [2.05, 4.69) is 0 Å². The van der Waals surface area contributed by atoms with E-state index in [9.17, 15) is 19.8 Å². The summed E-state index contributed by atoms with van der Waals surface area (Å²) in [5.41, 5.74) is 3.13. The van der Waals surface area contributed by atoms with Crippen molar-refractivity contribution in [2.45, 2.75) is 26.5 Å². The Hall–Kier alpha value is -4.30. The summed E-state index contributed by atoms with van der Waals surface area (Å²) >= 11 is 0. The topological polar surface area (TPSA) is 99.5 Å². The van der Waals surface area contributed by atoms with E-state index in [4.69, 9.17) is 9.47 Å². The van der Waals surface area contributed by atoms with Crippen molar-refractivity contribution in [3.8, 4) is 17.2 Å². The van der Waals surface area contributed by atoms with Crippen LogP contribution in [0.4, 0.5) is 0 Å². The third kappa shape index (κ3) is 6.07. The van der Waals surface area contributed by atoms with E-state index in [1.54, 1.807) is 43.3 Å². The van der Waals surface area contributed by atoms with Gasteiger partial charge in [0.2, 0.25) is 0 Å². The van der Waals surface area contributed by atoms with Gasteiger partial charge < -0.3 is 29.5 Å². The number of carbonyl (C=O) groups excluding carboxylic acids is 2. The molecule has 0 spiro atoms. The van der Waals surface area contributed by atoms with E-state index >= 15 is 0 Å². The van der Waals surface area contributed by atoms with Crippen molar-refractivity contribution < 1.29 is 29.3 Å². The number of aliphatic hydroxyl groups excluding tert-OH is 1. The van der Waals surface area contributed by atoms with Crippen molar-refractivity contribution in [3.63, 3.8) is 0 Å². The third-order valence-corrected chi connectivity index (χ3v) is 6.71. The number of amides is 1. The second-order valence-electron chi connectivity index (χ2n) is 9.70. The number of hydrogen-bond acceptors (Lipinski definition) is 7. The van der Waals surface area contributed by atoms with E-state index in [0.29, 0.717) is 36.6 Å². The molecule has 0 aliphatic carbocycles. The molecule has 1 atom stereocenters. The number of nitrogens with zero attached hydrogens (tertiary/aromatic N) is 2. The first-order valence-corrected chi connectivity index (χ1v) is 12.9. The first kappa shape index (κ1) is 27.7. The Labute approximate surface area is 228 Å². The zero-order valence-electron chi connectivity index (χ0n) is 22.7. The van der Waals surface area contributed by atoms with Gasteiger partial charge in [0, 0.05) is 18.7 Å². The molecule has 204 valence electrons. The highest BCUT2D eigenvalue weighted by atomic mass is 16.5. The smallest absolute Gasteiger partial charge is 0.295 e. The maximum atomic E-state index is 13.3. The van der Waals surface area contributed by atoms with Gasteiger partial charge in [0.15, 0.2) is 11.5 Å². The van der Waals surface area contributed by atoms with E-state index in [-0.39, 0.29) is 29.4 Å². The van der Waals surface area contributed by atoms with Crippen LogP contribution in [0.5, 0.6) is 17.2 Å². The molecule has 1 aliphatic rings. The van der Waals surface area contributed by atoms with Crippen molar-refractivity contribution in [1.29, 1.82) is 0 Å². The highest BCUT2D eigenvalue weighted by molar-refractivity contribution is 6.46. The molecule has 3 aromatic carbocycles. The number of ketones is 1. The molecule has 0 saturated carbocycles. The molecule has 1 heterocycles. The van der Waals surface area contributed by atoms with Gasteiger partial charge in [-0.15, -0.1) is 0 Å². The van der Waals surface area contributed by atoms with Crippen molar-refractivity contribution in [2.75, 3.05) is 33.8 Å². The Balaban J connectivity index is 1.69. The summed E-state index contributed by atoms with van der Waals surface area (Å²) in [6, 6.07) is 18.6. The third-order valence-electron chi connectivity index (χ3n) is 6.71. The zero-order valence-corrected chi connectivity index (χ0v) is 22.7. The van der Waals surface area contributed by atoms with Gasteiger partial charge in [-0.25, -0.2) is 0 Å². The van der Waals surface area contributed by atoms with Crippen LogP contribution < -0.4 is 9.47 Å². The number of aryl methyl sites for hydroxylation is 1. The molecule has 0 radical (unpaired) electrons. The highest BCUT2D eigenvalue weighted by Gasteiger charge is 2.46. The SMILES string of the molecule is CCOc1cc(C2C(=C(O)c3ccc(OCc4ccccc4C)cc3)C(=O)C(=O)N2CCN(C)C)ccc1O. The van der Waals surface area contributed by atoms with Crippen LogP contribution in [-0.4, -0.2) is 65.5 Å². The molecule has 1 fully saturated rings. The molecule has 2 N–H and O–H groups in total. The molecular weight excluding hydrogens is 496 g/mol. The Bertz CT molecular complexity index is 1380. The van der Waals surface area contributed by atoms with Crippen molar-refractivity contribution in [2.24, 2.45) is 0 Å². The summed E-state index contributed by atoms with van der Waals surface area (Å²) in [6.45, 7) is 5.34. The van der Waals surface area contributed by atoms with Gasteiger partial charge in [0.25, 0.3) is 11.7 Å². The predicted molar refractivity (Wildman–Crippen MR) is 149 cm³/mol. The summed E-state index contributed by atoms with van der Waals surface area (Å²) in [5, 5.41) is 21.6. The number of phenolic OH excluding ortho intramolecular Hbond substituents is 1. The van der Waals surface area contributed by atoms with Gasteiger partial charge in [-0.2, -0.15) is 0 Å². The second-order valence-corrected chi connectivity index (χ2v) is 9.70. The van der Waals surface area contributed by atoms with Gasteiger partial charge in [0.05, 0.1) is 18.2 Å². The molecule has 39 heavy (non-hydrogen) atoms. The number of phenols is 1. The normalized spacial score (nSPS) is 16.6. The quantitative estimate of drug-likeness (QED) is 0.223. The average molecular weight is 531 g/mol. The maximum Gasteiger partial charge on any atom is 0.295 e. The first-order chi connectivity index (χ1) is 18.7. The number of likely N-dealkylation sites (N-methyl/N-ethyl adjacent to an activating group) is 1. The molecule has 4 rings (SSSR count). The first-order valence-electron chi connectivity index (χ1n) is 12.9. The zero-order chi connectivity index (χ0) is 28.1. The standard InChI is InChI=1S/C31H34N2O6/c1-5-38-26-18-22(12-15-25(26)34)28-27(30(36)31(37)33(28)17-16-32(3)4)29(35)21-10-13-24(14-11-21)39-19-23-9-7-6-8-20(23)2/h6-15,18,28,34-35H,5,16-17,19H2,1-4H3. The lowest BCUT2D eigenvalue weighted by Crippen LogP contribution is -2.35. The highest BCUT2D eigenvalue weighted by Crippen LogP contribution is 2.41. The Morgan fingerprint density at radius 2 is 1.72 bits per heavy atom. The summed E-state index contributed by atoms with van der Waals surface area (Å²) in [6.07, 6.45) is 0. The van der Waals surface area contributed by atoms with Gasteiger partial charge in [-0.05, 0) is 81.0 Å². The van der Waals surface area contributed by atoms with Crippen LogP contribution in [0.3, 0.4) is 0 Å². The maximum absolute atomic E-state index is 13.3. The number of rotatable bonds is 10. The number of hydrogen-bond donors (Lipinski definition) is 2. The fourth-order valence-electron chi connectivity index (χ4n) is 4.53. The summed E-state index contributed by atoms with van der Waals surface area (Å²) in [5.74, 6) is -0.926. The van der Waals surface area contributed by atoms with Crippen molar-refractivity contribution in [1.82, 2.24) is 9.80 Å². The van der Waals surface area contributed by atoms with Gasteiger partial charge in [-0.1, -0.05) is 30.3 Å². The van der Waals surface area contributed by atoms with E-state index in [1.807, 2.05) is 50.2 Å². The molecular formula is C31H34N2O6. The lowest BCUT2D eigenvalue weighted by atomic mass is 9.95. The Kier molecular flexibility index (Phi) is 8.56. The van der Waals surface area contributed by atoms with Crippen LogP contribution in [0.1, 0.15) is 35.2 Å². The lowest BCUT2D eigenvalue weighted by molar-refractivity contribution is -0.140. The fraction of sp³-hybridized carbons (Fsp3) is 0.290. The summed E-state index contributed by atoms with van der Waals surface area (Å²) in [7, 11) is 3.75. The number of benzene rings is 3. The molecule has 0 aromatic heterocycles. The molecule has 1 aliphatic heterocycles. The number of carbonyl (C=O) groups is 2. The van der Waals surface area contributed by atoms with Gasteiger partial charge >= 0.3 is 0 Å². The number of likely N-dealkylation sites (tertiary alicyclic amines) is 1. The number of ether oxygens (including phenoxy) is 2. The Morgan fingerprint density at radius 3 is 2.38 bits per heavy atom. The number of Topliss-reactive ketones (excluding diaryl/α,β-unsaturated/α-hetero) is 1. The summed E-state index contributed by atoms with van der Waals surface area (Å²) in [4.78, 5) is 29.8. The Morgan fingerprint density at radius 1 is 1.00 bits per heavy atom. The molecule has 1 amide bonds. The molecule has 1 saturated heterocycles. The van der Waals surface area contributed by atoms with Crippen LogP contribution in [0.25, 0.3) is 5.76 Å². The van der Waals surface area contributed by atoms with E-state index in [1.165, 1.54) is 11.0 Å². The average Bonchev–Trinajstić information content (AvgIpc) is 3.17. The monoisotopic (exact) mass is 530 g/mol. The van der Waals surface area contributed by atoms with Crippen LogP contribution in [-0.2, 0) is 16.2 Å². The number of aliphatic hydroxyl groups is 1. The minimum atomic E-state index is -0.846.